The number of hydrogen-bond acceptors (Lipinski definition) is 1. The smallest absolute Gasteiger partial charge is 0.127 e. The van der Waals surface area contributed by atoms with Gasteiger partial charge in [0.1, 0.15) is 8.07 Å². The second-order valence-corrected chi connectivity index (χ2v) is 12.2. The standard InChI is InChI=1S/C21H30SSi/c1-4-6-7-8-9-10-18-23(3,21-12-11-17-22-21)20-15-13-19(5-2)14-16-20/h5,11-17H,2,4,6-10,18H2,1,3H3. The summed E-state index contributed by atoms with van der Waals surface area (Å²) >= 11 is 1.95. The molecule has 0 saturated heterocycles. The van der Waals surface area contributed by atoms with E-state index in [1.54, 1.807) is 9.69 Å². The molecule has 1 atom stereocenters. The summed E-state index contributed by atoms with van der Waals surface area (Å²) in [7, 11) is -1.57. The van der Waals surface area contributed by atoms with Crippen LogP contribution in [0, 0.1) is 0 Å². The fourth-order valence-corrected chi connectivity index (χ4v) is 8.76. The van der Waals surface area contributed by atoms with Crippen LogP contribution in [0.2, 0.25) is 12.6 Å². The normalized spacial score (nSPS) is 13.7. The van der Waals surface area contributed by atoms with E-state index < -0.39 is 8.07 Å². The predicted molar refractivity (Wildman–Crippen MR) is 110 cm³/mol. The van der Waals surface area contributed by atoms with E-state index in [1.807, 2.05) is 17.4 Å². The highest BCUT2D eigenvalue weighted by atomic mass is 32.1. The van der Waals surface area contributed by atoms with Crippen LogP contribution in [-0.2, 0) is 0 Å². The van der Waals surface area contributed by atoms with Crippen molar-refractivity contribution in [2.24, 2.45) is 0 Å². The van der Waals surface area contributed by atoms with Crippen molar-refractivity contribution in [2.45, 2.75) is 58.0 Å². The minimum absolute atomic E-state index is 1.22. The predicted octanol–water partition coefficient (Wildman–Crippen LogP) is 5.94. The summed E-state index contributed by atoms with van der Waals surface area (Å²) < 4.78 is 1.62. The number of hydrogen-bond donors (Lipinski definition) is 0. The van der Waals surface area contributed by atoms with Gasteiger partial charge in [0.2, 0.25) is 0 Å². The Morgan fingerprint density at radius 1 is 1.00 bits per heavy atom. The van der Waals surface area contributed by atoms with Gasteiger partial charge in [-0.3, -0.25) is 0 Å². The highest BCUT2D eigenvalue weighted by molar-refractivity contribution is 7.28. The highest BCUT2D eigenvalue weighted by Gasteiger charge is 2.32. The van der Waals surface area contributed by atoms with E-state index in [0.29, 0.717) is 0 Å². The number of unbranched alkanes of at least 4 members (excludes halogenated alkanes) is 5. The molecule has 0 bridgehead atoms. The van der Waals surface area contributed by atoms with Crippen molar-refractivity contribution in [3.63, 3.8) is 0 Å². The average Bonchev–Trinajstić information content (AvgIpc) is 3.13. The maximum atomic E-state index is 3.87. The molecular formula is C21H30SSi. The van der Waals surface area contributed by atoms with Gasteiger partial charge < -0.3 is 0 Å². The maximum Gasteiger partial charge on any atom is 0.127 e. The van der Waals surface area contributed by atoms with E-state index in [1.165, 1.54) is 50.1 Å². The summed E-state index contributed by atoms with van der Waals surface area (Å²) in [5.41, 5.74) is 1.22. The SMILES string of the molecule is C=Cc1ccc([Si](C)(CCCCCCCC)c2cccs2)cc1. The average molecular weight is 343 g/mol. The fraction of sp³-hybridized carbons (Fsp3) is 0.429. The molecule has 0 saturated carbocycles. The zero-order chi connectivity index (χ0) is 16.5. The van der Waals surface area contributed by atoms with Crippen LogP contribution in [-0.4, -0.2) is 8.07 Å². The van der Waals surface area contributed by atoms with Crippen molar-refractivity contribution in [3.8, 4) is 0 Å². The monoisotopic (exact) mass is 342 g/mol. The van der Waals surface area contributed by atoms with Crippen molar-refractivity contribution in [1.82, 2.24) is 0 Å². The Labute approximate surface area is 147 Å². The first-order chi connectivity index (χ1) is 11.2. The second kappa shape index (κ2) is 9.24. The molecule has 0 N–H and O–H groups in total. The van der Waals surface area contributed by atoms with Crippen LogP contribution in [0.1, 0.15) is 51.0 Å². The van der Waals surface area contributed by atoms with Crippen molar-refractivity contribution in [3.05, 3.63) is 53.9 Å². The zero-order valence-corrected chi connectivity index (χ0v) is 16.5. The topological polar surface area (TPSA) is 0 Å². The summed E-state index contributed by atoms with van der Waals surface area (Å²) in [6.45, 7) is 8.71. The molecule has 23 heavy (non-hydrogen) atoms. The largest absolute Gasteiger partial charge is 0.153 e. The lowest BCUT2D eigenvalue weighted by atomic mass is 10.1. The molecule has 0 aliphatic heterocycles. The first-order valence-electron chi connectivity index (χ1n) is 8.97. The van der Waals surface area contributed by atoms with Gasteiger partial charge in [-0.15, -0.1) is 0 Å². The lowest BCUT2D eigenvalue weighted by Gasteiger charge is -2.27. The molecule has 0 spiro atoms. The Kier molecular flexibility index (Phi) is 7.32. The number of benzene rings is 1. The lowest BCUT2D eigenvalue weighted by Crippen LogP contribution is -2.54. The van der Waals surface area contributed by atoms with Crippen LogP contribution in [0.5, 0.6) is 0 Å². The zero-order valence-electron chi connectivity index (χ0n) is 14.7. The van der Waals surface area contributed by atoms with E-state index in [0.717, 1.165) is 0 Å². The molecule has 0 aliphatic rings. The van der Waals surface area contributed by atoms with Gasteiger partial charge in [-0.1, -0.05) is 106 Å². The summed E-state index contributed by atoms with van der Waals surface area (Å²) in [4.78, 5) is 0. The van der Waals surface area contributed by atoms with Gasteiger partial charge in [0.25, 0.3) is 0 Å². The van der Waals surface area contributed by atoms with Crippen molar-refractivity contribution < 1.29 is 0 Å². The van der Waals surface area contributed by atoms with Crippen LogP contribution in [0.4, 0.5) is 0 Å². The number of thiophene rings is 1. The molecule has 0 aliphatic carbocycles. The van der Waals surface area contributed by atoms with E-state index >= 15 is 0 Å². The Hall–Kier alpha value is -1.12. The Morgan fingerprint density at radius 2 is 1.70 bits per heavy atom. The molecule has 1 aromatic carbocycles. The van der Waals surface area contributed by atoms with E-state index in [9.17, 15) is 0 Å². The van der Waals surface area contributed by atoms with Gasteiger partial charge in [-0.2, -0.15) is 11.3 Å². The van der Waals surface area contributed by atoms with Gasteiger partial charge >= 0.3 is 0 Å². The van der Waals surface area contributed by atoms with Crippen LogP contribution < -0.4 is 9.69 Å². The quantitative estimate of drug-likeness (QED) is 0.370. The first-order valence-corrected chi connectivity index (χ1v) is 12.6. The van der Waals surface area contributed by atoms with Crippen LogP contribution in [0.15, 0.2) is 48.4 Å². The van der Waals surface area contributed by atoms with E-state index in [2.05, 4.69) is 61.8 Å². The molecule has 2 rings (SSSR count). The third kappa shape index (κ3) is 4.92. The third-order valence-corrected chi connectivity index (χ3v) is 11.5. The van der Waals surface area contributed by atoms with Crippen LogP contribution >= 0.6 is 11.3 Å². The lowest BCUT2D eigenvalue weighted by molar-refractivity contribution is 0.623. The molecule has 124 valence electrons. The van der Waals surface area contributed by atoms with Crippen LogP contribution in [0.25, 0.3) is 6.08 Å². The molecule has 1 unspecified atom stereocenters. The molecule has 2 aromatic rings. The van der Waals surface area contributed by atoms with Gasteiger partial charge in [-0.25, -0.2) is 0 Å². The molecule has 0 radical (unpaired) electrons. The van der Waals surface area contributed by atoms with Crippen LogP contribution in [0.3, 0.4) is 0 Å². The van der Waals surface area contributed by atoms with Gasteiger partial charge in [0, 0.05) is 0 Å². The Morgan fingerprint density at radius 3 is 2.30 bits per heavy atom. The minimum Gasteiger partial charge on any atom is -0.153 e. The maximum absolute atomic E-state index is 3.87. The summed E-state index contributed by atoms with van der Waals surface area (Å²) in [6.07, 6.45) is 10.2. The van der Waals surface area contributed by atoms with Gasteiger partial charge in [-0.05, 0) is 21.5 Å². The Bertz CT molecular complexity index is 570. The minimum atomic E-state index is -1.57. The van der Waals surface area contributed by atoms with E-state index in [4.69, 9.17) is 0 Å². The summed E-state index contributed by atoms with van der Waals surface area (Å²) in [5.74, 6) is 0. The van der Waals surface area contributed by atoms with Crippen molar-refractivity contribution in [2.75, 3.05) is 0 Å². The third-order valence-electron chi connectivity index (χ3n) is 4.88. The molecule has 1 aromatic heterocycles. The first kappa shape index (κ1) is 18.2. The fourth-order valence-electron chi connectivity index (χ4n) is 3.25. The molecule has 2 heteroatoms. The van der Waals surface area contributed by atoms with Gasteiger partial charge in [0.15, 0.2) is 0 Å². The second-order valence-electron chi connectivity index (χ2n) is 6.65. The van der Waals surface area contributed by atoms with E-state index in [-0.39, 0.29) is 0 Å². The number of rotatable bonds is 10. The molecule has 0 fully saturated rings. The summed E-state index contributed by atoms with van der Waals surface area (Å²) in [6, 6.07) is 15.1. The van der Waals surface area contributed by atoms with Gasteiger partial charge in [0.05, 0.1) is 0 Å². The molecule has 1 heterocycles. The van der Waals surface area contributed by atoms with Crippen molar-refractivity contribution in [1.29, 1.82) is 0 Å². The highest BCUT2D eigenvalue weighted by Crippen LogP contribution is 2.19. The molecule has 0 nitrogen and oxygen atoms in total. The molecular weight excluding hydrogens is 312 g/mol. The summed E-state index contributed by atoms with van der Waals surface area (Å²) in [5, 5.41) is 3.80. The Balaban J connectivity index is 2.08. The van der Waals surface area contributed by atoms with Crippen molar-refractivity contribution >= 4 is 35.2 Å². The molecule has 0 amide bonds.